The van der Waals surface area contributed by atoms with Crippen molar-refractivity contribution in [2.45, 2.75) is 39.1 Å². The number of hydrogen-bond donors (Lipinski definition) is 0. The van der Waals surface area contributed by atoms with E-state index in [4.69, 9.17) is 18.9 Å². The van der Waals surface area contributed by atoms with E-state index in [1.165, 1.54) is 0 Å². The van der Waals surface area contributed by atoms with Gasteiger partial charge in [0.1, 0.15) is 12.7 Å². The molecule has 0 radical (unpaired) electrons. The molecule has 6 nitrogen and oxygen atoms in total. The molecule has 0 spiro atoms. The summed E-state index contributed by atoms with van der Waals surface area (Å²) in [6.45, 7) is 9.09. The number of ether oxygens (including phenoxy) is 4. The minimum absolute atomic E-state index is 0.00573. The van der Waals surface area contributed by atoms with Crippen LogP contribution in [0.25, 0.3) is 0 Å². The van der Waals surface area contributed by atoms with Crippen LogP contribution in [-0.2, 0) is 28.5 Å². The van der Waals surface area contributed by atoms with E-state index in [2.05, 4.69) is 6.58 Å². The van der Waals surface area contributed by atoms with Crippen LogP contribution in [0.3, 0.4) is 0 Å². The highest BCUT2D eigenvalue weighted by molar-refractivity contribution is 5.86. The minimum Gasteiger partial charge on any atom is -0.466 e. The third-order valence-corrected chi connectivity index (χ3v) is 2.51. The van der Waals surface area contributed by atoms with Crippen LogP contribution in [0.2, 0.25) is 0 Å². The Kier molecular flexibility index (Phi) is 5.50. The molecule has 0 aromatic heterocycles. The molecule has 1 rings (SSSR count). The maximum Gasteiger partial charge on any atom is 0.333 e. The average molecular weight is 272 g/mol. The van der Waals surface area contributed by atoms with Gasteiger partial charge in [0.25, 0.3) is 0 Å². The van der Waals surface area contributed by atoms with Crippen molar-refractivity contribution in [3.63, 3.8) is 0 Å². The third kappa shape index (κ3) is 5.00. The lowest BCUT2D eigenvalue weighted by Gasteiger charge is -2.22. The predicted octanol–water partition coefficient (Wildman–Crippen LogP) is 1.19. The summed E-state index contributed by atoms with van der Waals surface area (Å²) < 4.78 is 20.8. The molecule has 0 aromatic rings. The second kappa shape index (κ2) is 6.68. The molecule has 108 valence electrons. The number of esters is 2. The van der Waals surface area contributed by atoms with Crippen LogP contribution in [0.1, 0.15) is 27.2 Å². The standard InChI is InChI=1S/C13H20O6/c1-5-16-11(14)6-13(4)18-8-10(19-13)7-17-12(15)9(2)3/h10H,2,5-8H2,1,3-4H3. The molecule has 1 fully saturated rings. The third-order valence-electron chi connectivity index (χ3n) is 2.51. The Morgan fingerprint density at radius 1 is 1.42 bits per heavy atom. The minimum atomic E-state index is -1.02. The number of carbonyl (C=O) groups is 2. The molecule has 0 amide bonds. The fourth-order valence-corrected chi connectivity index (χ4v) is 1.63. The smallest absolute Gasteiger partial charge is 0.333 e. The Balaban J connectivity index is 2.37. The first-order valence-corrected chi connectivity index (χ1v) is 6.16. The van der Waals surface area contributed by atoms with E-state index in [0.29, 0.717) is 12.2 Å². The molecule has 0 aromatic carbocycles. The summed E-state index contributed by atoms with van der Waals surface area (Å²) in [6.07, 6.45) is -0.381. The zero-order chi connectivity index (χ0) is 14.5. The summed E-state index contributed by atoms with van der Waals surface area (Å²) in [5, 5.41) is 0. The van der Waals surface area contributed by atoms with E-state index in [0.717, 1.165) is 0 Å². The zero-order valence-corrected chi connectivity index (χ0v) is 11.6. The molecule has 0 saturated carbocycles. The normalized spacial score (nSPS) is 25.9. The molecular weight excluding hydrogens is 252 g/mol. The maximum atomic E-state index is 11.4. The topological polar surface area (TPSA) is 71.1 Å². The van der Waals surface area contributed by atoms with Gasteiger partial charge in [-0.15, -0.1) is 0 Å². The van der Waals surface area contributed by atoms with Crippen LogP contribution < -0.4 is 0 Å². The Labute approximate surface area is 112 Å². The fraction of sp³-hybridized carbons (Fsp3) is 0.692. The summed E-state index contributed by atoms with van der Waals surface area (Å²) in [7, 11) is 0. The monoisotopic (exact) mass is 272 g/mol. The van der Waals surface area contributed by atoms with Crippen molar-refractivity contribution >= 4 is 11.9 Å². The summed E-state index contributed by atoms with van der Waals surface area (Å²) in [5.74, 6) is -1.88. The molecule has 2 unspecified atom stereocenters. The first-order valence-electron chi connectivity index (χ1n) is 6.16. The van der Waals surface area contributed by atoms with Gasteiger partial charge in [-0.25, -0.2) is 4.79 Å². The molecule has 1 aliphatic rings. The highest BCUT2D eigenvalue weighted by Crippen LogP contribution is 2.27. The van der Waals surface area contributed by atoms with Crippen LogP contribution in [0, 0.1) is 0 Å². The zero-order valence-electron chi connectivity index (χ0n) is 11.6. The second-order valence-electron chi connectivity index (χ2n) is 4.55. The van der Waals surface area contributed by atoms with E-state index < -0.39 is 11.8 Å². The molecule has 6 heteroatoms. The van der Waals surface area contributed by atoms with Crippen molar-refractivity contribution in [1.29, 1.82) is 0 Å². The van der Waals surface area contributed by atoms with Crippen molar-refractivity contribution in [3.05, 3.63) is 12.2 Å². The molecule has 1 heterocycles. The first kappa shape index (κ1) is 15.7. The first-order chi connectivity index (χ1) is 8.86. The van der Waals surface area contributed by atoms with Crippen LogP contribution in [0.5, 0.6) is 0 Å². The molecule has 0 N–H and O–H groups in total. The summed E-state index contributed by atoms with van der Waals surface area (Å²) in [4.78, 5) is 22.6. The van der Waals surface area contributed by atoms with Gasteiger partial charge in [-0.2, -0.15) is 0 Å². The van der Waals surface area contributed by atoms with Crippen molar-refractivity contribution < 1.29 is 28.5 Å². The van der Waals surface area contributed by atoms with Gasteiger partial charge >= 0.3 is 11.9 Å². The summed E-state index contributed by atoms with van der Waals surface area (Å²) in [5.41, 5.74) is 0.327. The van der Waals surface area contributed by atoms with Crippen LogP contribution in [0.4, 0.5) is 0 Å². The van der Waals surface area contributed by atoms with Gasteiger partial charge in [0.05, 0.1) is 19.6 Å². The highest BCUT2D eigenvalue weighted by atomic mass is 16.8. The number of carbonyl (C=O) groups excluding carboxylic acids is 2. The van der Waals surface area contributed by atoms with Crippen molar-refractivity contribution in [2.75, 3.05) is 19.8 Å². The molecule has 19 heavy (non-hydrogen) atoms. The van der Waals surface area contributed by atoms with Gasteiger partial charge in [0, 0.05) is 5.57 Å². The highest BCUT2D eigenvalue weighted by Gasteiger charge is 2.40. The lowest BCUT2D eigenvalue weighted by molar-refractivity contribution is -0.183. The van der Waals surface area contributed by atoms with Gasteiger partial charge in [-0.1, -0.05) is 6.58 Å². The van der Waals surface area contributed by atoms with E-state index in [9.17, 15) is 9.59 Å². The van der Waals surface area contributed by atoms with Gasteiger partial charge in [0.2, 0.25) is 0 Å². The van der Waals surface area contributed by atoms with E-state index in [1.54, 1.807) is 20.8 Å². The Morgan fingerprint density at radius 3 is 2.68 bits per heavy atom. The number of rotatable bonds is 6. The van der Waals surface area contributed by atoms with Crippen molar-refractivity contribution in [3.8, 4) is 0 Å². The van der Waals surface area contributed by atoms with Crippen molar-refractivity contribution in [1.82, 2.24) is 0 Å². The molecule has 1 aliphatic heterocycles. The molecular formula is C13H20O6. The molecule has 2 atom stereocenters. The summed E-state index contributed by atoms with van der Waals surface area (Å²) in [6, 6.07) is 0. The lowest BCUT2D eigenvalue weighted by Crippen LogP contribution is -2.32. The van der Waals surface area contributed by atoms with Crippen LogP contribution >= 0.6 is 0 Å². The number of hydrogen-bond acceptors (Lipinski definition) is 6. The van der Waals surface area contributed by atoms with Crippen LogP contribution in [-0.4, -0.2) is 43.7 Å². The maximum absolute atomic E-state index is 11.4. The molecule has 0 bridgehead atoms. The average Bonchev–Trinajstić information content (AvgIpc) is 2.67. The quantitative estimate of drug-likeness (QED) is 0.534. The Morgan fingerprint density at radius 2 is 2.11 bits per heavy atom. The predicted molar refractivity (Wildman–Crippen MR) is 66.3 cm³/mol. The Hall–Kier alpha value is -1.40. The SMILES string of the molecule is C=C(C)C(=O)OCC1COC(C)(CC(=O)OCC)O1. The van der Waals surface area contributed by atoms with Crippen molar-refractivity contribution in [2.24, 2.45) is 0 Å². The van der Waals surface area contributed by atoms with E-state index in [1.807, 2.05) is 0 Å². The molecule has 0 aliphatic carbocycles. The van der Waals surface area contributed by atoms with Gasteiger partial charge in [0.15, 0.2) is 5.79 Å². The largest absolute Gasteiger partial charge is 0.466 e. The van der Waals surface area contributed by atoms with E-state index in [-0.39, 0.29) is 31.7 Å². The van der Waals surface area contributed by atoms with Gasteiger partial charge < -0.3 is 18.9 Å². The Bertz CT molecular complexity index is 364. The fourth-order valence-electron chi connectivity index (χ4n) is 1.63. The molecule has 1 saturated heterocycles. The van der Waals surface area contributed by atoms with Gasteiger partial charge in [-0.05, 0) is 20.8 Å². The summed E-state index contributed by atoms with van der Waals surface area (Å²) >= 11 is 0. The second-order valence-corrected chi connectivity index (χ2v) is 4.55. The van der Waals surface area contributed by atoms with E-state index >= 15 is 0 Å². The van der Waals surface area contributed by atoms with Gasteiger partial charge in [-0.3, -0.25) is 4.79 Å². The van der Waals surface area contributed by atoms with Crippen LogP contribution in [0.15, 0.2) is 12.2 Å². The lowest BCUT2D eigenvalue weighted by atomic mass is 10.2.